The second-order valence-electron chi connectivity index (χ2n) is 2.61. The van der Waals surface area contributed by atoms with Crippen LogP contribution in [0.3, 0.4) is 0 Å². The maximum atomic E-state index is 10.6. The Morgan fingerprint density at radius 2 is 2.33 bits per heavy atom. The van der Waals surface area contributed by atoms with Crippen molar-refractivity contribution in [3.63, 3.8) is 0 Å². The van der Waals surface area contributed by atoms with Crippen LogP contribution in [0.25, 0.3) is 0 Å². The fraction of sp³-hybridized carbons (Fsp3) is 0.250. The minimum Gasteiger partial charge on any atom is -0.311 e. The maximum Gasteiger partial charge on any atom is 0.222 e. The molecule has 1 amide bonds. The molecule has 1 heterocycles. The molecule has 1 aromatic heterocycles. The molecule has 1 rings (SSSR count). The Balaban J connectivity index is 2.89. The van der Waals surface area contributed by atoms with Gasteiger partial charge in [-0.25, -0.2) is 4.98 Å². The predicted octanol–water partition coefficient (Wildman–Crippen LogP) is 0.142. The first-order chi connectivity index (χ1) is 5.59. The Hall–Kier alpha value is -1.32. The molecule has 0 spiro atoms. The van der Waals surface area contributed by atoms with Gasteiger partial charge in [0.1, 0.15) is 13.7 Å². The summed E-state index contributed by atoms with van der Waals surface area (Å²) in [6, 6.07) is 1.64. The summed E-state index contributed by atoms with van der Waals surface area (Å²) in [5, 5.41) is 2.54. The molecule has 0 aliphatic rings. The summed E-state index contributed by atoms with van der Waals surface area (Å²) < 4.78 is 0. The molecule has 1 N–H and O–H groups in total. The maximum absolute atomic E-state index is 10.6. The Bertz CT molecular complexity index is 312. The van der Waals surface area contributed by atoms with Crippen LogP contribution in [0.5, 0.6) is 0 Å². The SMILES string of the molecule is [B]c1cc(NC(C)=O)ncc1C. The van der Waals surface area contributed by atoms with E-state index in [1.165, 1.54) is 6.92 Å². The zero-order valence-corrected chi connectivity index (χ0v) is 7.09. The van der Waals surface area contributed by atoms with E-state index in [2.05, 4.69) is 10.3 Å². The zero-order valence-electron chi connectivity index (χ0n) is 7.09. The third kappa shape index (κ3) is 2.08. The second-order valence-corrected chi connectivity index (χ2v) is 2.61. The number of carbonyl (C=O) groups excluding carboxylic acids is 1. The normalized spacial score (nSPS) is 9.50. The van der Waals surface area contributed by atoms with Gasteiger partial charge in [-0.15, -0.1) is 0 Å². The number of aryl methyl sites for hydroxylation is 1. The van der Waals surface area contributed by atoms with Crippen molar-refractivity contribution in [2.75, 3.05) is 5.32 Å². The van der Waals surface area contributed by atoms with Gasteiger partial charge in [0.2, 0.25) is 5.91 Å². The summed E-state index contributed by atoms with van der Waals surface area (Å²) in [6.07, 6.45) is 1.63. The minimum absolute atomic E-state index is 0.147. The molecular formula is C8H9BN2O. The Morgan fingerprint density at radius 3 is 2.83 bits per heavy atom. The number of aromatic nitrogens is 1. The second kappa shape index (κ2) is 3.39. The number of rotatable bonds is 1. The van der Waals surface area contributed by atoms with Crippen molar-refractivity contribution in [2.24, 2.45) is 0 Å². The highest BCUT2D eigenvalue weighted by Gasteiger charge is 1.97. The van der Waals surface area contributed by atoms with E-state index in [-0.39, 0.29) is 5.91 Å². The van der Waals surface area contributed by atoms with Crippen molar-refractivity contribution < 1.29 is 4.79 Å². The summed E-state index contributed by atoms with van der Waals surface area (Å²) in [7, 11) is 5.61. The lowest BCUT2D eigenvalue weighted by Gasteiger charge is -2.03. The Labute approximate surface area is 72.6 Å². The van der Waals surface area contributed by atoms with Crippen LogP contribution in [0.1, 0.15) is 12.5 Å². The average molecular weight is 160 g/mol. The van der Waals surface area contributed by atoms with E-state index in [0.717, 1.165) is 5.56 Å². The van der Waals surface area contributed by atoms with Crippen molar-refractivity contribution in [2.45, 2.75) is 13.8 Å². The monoisotopic (exact) mass is 160 g/mol. The number of hydrogen-bond donors (Lipinski definition) is 1. The number of carbonyl (C=O) groups is 1. The molecule has 0 atom stereocenters. The van der Waals surface area contributed by atoms with Gasteiger partial charge in [-0.05, 0) is 18.6 Å². The van der Waals surface area contributed by atoms with Crippen LogP contribution >= 0.6 is 0 Å². The van der Waals surface area contributed by atoms with Gasteiger partial charge < -0.3 is 5.32 Å². The van der Waals surface area contributed by atoms with E-state index in [0.29, 0.717) is 11.3 Å². The van der Waals surface area contributed by atoms with Crippen LogP contribution in [0, 0.1) is 6.92 Å². The van der Waals surface area contributed by atoms with Crippen LogP contribution in [0.2, 0.25) is 0 Å². The topological polar surface area (TPSA) is 42.0 Å². The molecule has 0 fully saturated rings. The fourth-order valence-electron chi connectivity index (χ4n) is 0.788. The first-order valence-corrected chi connectivity index (χ1v) is 3.59. The molecule has 3 nitrogen and oxygen atoms in total. The molecule has 0 aliphatic carbocycles. The molecule has 2 radical (unpaired) electrons. The fourth-order valence-corrected chi connectivity index (χ4v) is 0.788. The number of amides is 1. The van der Waals surface area contributed by atoms with E-state index in [9.17, 15) is 4.79 Å². The summed E-state index contributed by atoms with van der Waals surface area (Å²) in [5.74, 6) is 0.344. The molecule has 0 aliphatic heterocycles. The van der Waals surface area contributed by atoms with Crippen LogP contribution < -0.4 is 10.8 Å². The largest absolute Gasteiger partial charge is 0.311 e. The summed E-state index contributed by atoms with van der Waals surface area (Å²) in [4.78, 5) is 14.6. The van der Waals surface area contributed by atoms with Crippen molar-refractivity contribution in [1.29, 1.82) is 0 Å². The summed E-state index contributed by atoms with van der Waals surface area (Å²) in [6.45, 7) is 3.29. The van der Waals surface area contributed by atoms with Crippen LogP contribution in [-0.4, -0.2) is 18.7 Å². The van der Waals surface area contributed by atoms with Crippen LogP contribution in [0.15, 0.2) is 12.3 Å². The highest BCUT2D eigenvalue weighted by molar-refractivity contribution is 6.33. The van der Waals surface area contributed by atoms with Gasteiger partial charge >= 0.3 is 0 Å². The molecular weight excluding hydrogens is 151 g/mol. The van der Waals surface area contributed by atoms with Gasteiger partial charge in [0.15, 0.2) is 0 Å². The van der Waals surface area contributed by atoms with Gasteiger partial charge in [0.05, 0.1) is 0 Å². The first kappa shape index (κ1) is 8.78. The lowest BCUT2D eigenvalue weighted by atomic mass is 9.93. The zero-order chi connectivity index (χ0) is 9.14. The Kier molecular flexibility index (Phi) is 2.48. The third-order valence-electron chi connectivity index (χ3n) is 1.45. The van der Waals surface area contributed by atoms with Crippen molar-refractivity contribution in [3.05, 3.63) is 17.8 Å². The van der Waals surface area contributed by atoms with Gasteiger partial charge in [0.25, 0.3) is 0 Å². The number of anilines is 1. The smallest absolute Gasteiger partial charge is 0.222 e. The minimum atomic E-state index is -0.147. The molecule has 0 bridgehead atoms. The van der Waals surface area contributed by atoms with Gasteiger partial charge in [-0.2, -0.15) is 0 Å². The molecule has 0 aromatic carbocycles. The average Bonchev–Trinajstić information content (AvgIpc) is 1.96. The van der Waals surface area contributed by atoms with Crippen molar-refractivity contribution in [1.82, 2.24) is 4.98 Å². The molecule has 12 heavy (non-hydrogen) atoms. The molecule has 0 saturated carbocycles. The van der Waals surface area contributed by atoms with E-state index < -0.39 is 0 Å². The third-order valence-corrected chi connectivity index (χ3v) is 1.45. The molecule has 60 valence electrons. The number of nitrogens with one attached hydrogen (secondary N) is 1. The molecule has 0 saturated heterocycles. The van der Waals surface area contributed by atoms with Crippen LogP contribution in [-0.2, 0) is 4.79 Å². The highest BCUT2D eigenvalue weighted by Crippen LogP contribution is 2.00. The summed E-state index contributed by atoms with van der Waals surface area (Å²) in [5.41, 5.74) is 1.54. The number of hydrogen-bond acceptors (Lipinski definition) is 2. The molecule has 4 heteroatoms. The highest BCUT2D eigenvalue weighted by atomic mass is 16.1. The molecule has 0 unspecified atom stereocenters. The lowest BCUT2D eigenvalue weighted by Crippen LogP contribution is -2.13. The summed E-state index contributed by atoms with van der Waals surface area (Å²) >= 11 is 0. The molecule has 1 aromatic rings. The quantitative estimate of drug-likeness (QED) is 0.593. The van der Waals surface area contributed by atoms with E-state index >= 15 is 0 Å². The van der Waals surface area contributed by atoms with E-state index in [4.69, 9.17) is 7.85 Å². The Morgan fingerprint density at radius 1 is 1.67 bits per heavy atom. The van der Waals surface area contributed by atoms with E-state index in [1.54, 1.807) is 12.3 Å². The number of nitrogens with zero attached hydrogens (tertiary/aromatic N) is 1. The van der Waals surface area contributed by atoms with Crippen LogP contribution in [0.4, 0.5) is 5.82 Å². The van der Waals surface area contributed by atoms with E-state index in [1.807, 2.05) is 6.92 Å². The predicted molar refractivity (Wildman–Crippen MR) is 48.7 cm³/mol. The van der Waals surface area contributed by atoms with Gasteiger partial charge in [0, 0.05) is 13.1 Å². The first-order valence-electron chi connectivity index (χ1n) is 3.59. The van der Waals surface area contributed by atoms with Crippen molar-refractivity contribution >= 4 is 25.0 Å². The standard InChI is InChI=1S/C8H9BN2O/c1-5-4-10-8(3-7(5)9)11-6(2)12/h3-4H,1-2H3,(H,10,11,12). The van der Waals surface area contributed by atoms with Crippen molar-refractivity contribution in [3.8, 4) is 0 Å². The van der Waals surface area contributed by atoms with Gasteiger partial charge in [-0.1, -0.05) is 5.46 Å². The number of pyridine rings is 1. The lowest BCUT2D eigenvalue weighted by molar-refractivity contribution is -0.114. The van der Waals surface area contributed by atoms with Gasteiger partial charge in [-0.3, -0.25) is 4.79 Å².